The highest BCUT2D eigenvalue weighted by molar-refractivity contribution is 6.07. The third-order valence-corrected chi connectivity index (χ3v) is 2.61. The smallest absolute Gasteiger partial charge is 0.385 e. The number of ketones is 2. The Morgan fingerprint density at radius 3 is 2.59 bits per heavy atom. The molecule has 0 bridgehead atoms. The molecule has 1 aromatic rings. The van der Waals surface area contributed by atoms with Gasteiger partial charge in [0.2, 0.25) is 0 Å². The van der Waals surface area contributed by atoms with E-state index in [1.54, 1.807) is 0 Å². The maximum atomic E-state index is 12.2. The van der Waals surface area contributed by atoms with E-state index in [9.17, 15) is 27.9 Å². The van der Waals surface area contributed by atoms with Gasteiger partial charge in [-0.3, -0.25) is 9.59 Å². The molecule has 0 spiro atoms. The monoisotopic (exact) mass is 244 g/mol. The predicted octanol–water partition coefficient (Wildman–Crippen LogP) is 1.53. The Morgan fingerprint density at radius 1 is 1.35 bits per heavy atom. The fourth-order valence-electron chi connectivity index (χ4n) is 1.77. The molecule has 0 saturated heterocycles. The average Bonchev–Trinajstić information content (AvgIpc) is 2.52. The van der Waals surface area contributed by atoms with E-state index in [1.165, 1.54) is 6.07 Å². The molecule has 1 aliphatic rings. The molecule has 1 aromatic carbocycles. The van der Waals surface area contributed by atoms with Crippen molar-refractivity contribution < 1.29 is 27.9 Å². The van der Waals surface area contributed by atoms with E-state index in [0.29, 0.717) is 5.56 Å². The van der Waals surface area contributed by atoms with Gasteiger partial charge in [0, 0.05) is 17.5 Å². The van der Waals surface area contributed by atoms with Crippen molar-refractivity contribution in [2.24, 2.45) is 0 Å². The molecule has 0 saturated carbocycles. The van der Waals surface area contributed by atoms with Gasteiger partial charge in [0.1, 0.15) is 6.10 Å². The first kappa shape index (κ1) is 11.8. The molecular formula is C11H7F3O3. The van der Waals surface area contributed by atoms with Crippen LogP contribution in [0.25, 0.3) is 0 Å². The van der Waals surface area contributed by atoms with Gasteiger partial charge < -0.3 is 5.11 Å². The van der Waals surface area contributed by atoms with Crippen LogP contribution in [0.15, 0.2) is 18.2 Å². The van der Waals surface area contributed by atoms with Crippen LogP contribution in [0.2, 0.25) is 0 Å². The highest BCUT2D eigenvalue weighted by atomic mass is 19.4. The number of fused-ring (bicyclic) bond motifs is 1. The van der Waals surface area contributed by atoms with Gasteiger partial charge in [-0.25, -0.2) is 0 Å². The molecule has 0 aliphatic heterocycles. The van der Waals surface area contributed by atoms with Crippen LogP contribution in [-0.2, 0) is 6.42 Å². The quantitative estimate of drug-likeness (QED) is 0.762. The minimum atomic E-state index is -4.96. The van der Waals surface area contributed by atoms with Gasteiger partial charge in [-0.15, -0.1) is 0 Å². The average molecular weight is 244 g/mol. The van der Waals surface area contributed by atoms with Gasteiger partial charge in [-0.2, -0.15) is 13.2 Å². The lowest BCUT2D eigenvalue weighted by molar-refractivity contribution is -0.0885. The van der Waals surface area contributed by atoms with Crippen LogP contribution >= 0.6 is 0 Å². The van der Waals surface area contributed by atoms with Crippen LogP contribution in [0.5, 0.6) is 0 Å². The van der Waals surface area contributed by atoms with Crippen molar-refractivity contribution in [2.75, 3.05) is 0 Å². The fourth-order valence-corrected chi connectivity index (χ4v) is 1.77. The summed E-state index contributed by atoms with van der Waals surface area (Å²) < 4.78 is 36.5. The molecule has 90 valence electrons. The van der Waals surface area contributed by atoms with Crippen LogP contribution in [0.4, 0.5) is 13.2 Å². The van der Waals surface area contributed by atoms with Crippen LogP contribution in [0.1, 0.15) is 26.3 Å². The number of aliphatic hydroxyl groups is 1. The van der Waals surface area contributed by atoms with E-state index in [-0.39, 0.29) is 12.0 Å². The zero-order valence-corrected chi connectivity index (χ0v) is 8.41. The van der Waals surface area contributed by atoms with Gasteiger partial charge in [0.05, 0.1) is 0 Å². The van der Waals surface area contributed by atoms with Crippen molar-refractivity contribution in [1.29, 1.82) is 0 Å². The summed E-state index contributed by atoms with van der Waals surface area (Å²) in [5, 5.41) is 9.25. The lowest BCUT2D eigenvalue weighted by Crippen LogP contribution is -2.23. The summed E-state index contributed by atoms with van der Waals surface area (Å²) >= 11 is 0. The van der Waals surface area contributed by atoms with Crippen molar-refractivity contribution >= 4 is 11.6 Å². The van der Waals surface area contributed by atoms with E-state index in [0.717, 1.165) is 12.1 Å². The van der Waals surface area contributed by atoms with Gasteiger partial charge in [0.15, 0.2) is 5.78 Å². The number of benzene rings is 1. The Morgan fingerprint density at radius 2 is 2.00 bits per heavy atom. The van der Waals surface area contributed by atoms with Gasteiger partial charge >= 0.3 is 6.18 Å². The van der Waals surface area contributed by atoms with Gasteiger partial charge in [-0.1, -0.05) is 12.1 Å². The highest BCUT2D eigenvalue weighted by Crippen LogP contribution is 2.27. The van der Waals surface area contributed by atoms with Crippen molar-refractivity contribution in [3.05, 3.63) is 34.9 Å². The Kier molecular flexibility index (Phi) is 2.54. The topological polar surface area (TPSA) is 54.4 Å². The fraction of sp³-hybridized carbons (Fsp3) is 0.273. The number of halogens is 3. The summed E-state index contributed by atoms with van der Waals surface area (Å²) in [6.07, 6.45) is -6.11. The molecule has 0 radical (unpaired) electrons. The van der Waals surface area contributed by atoms with Crippen molar-refractivity contribution in [2.45, 2.75) is 18.7 Å². The molecule has 3 nitrogen and oxygen atoms in total. The molecule has 1 N–H and O–H groups in total. The van der Waals surface area contributed by atoms with Gasteiger partial charge in [0.25, 0.3) is 5.78 Å². The molecule has 2 rings (SSSR count). The zero-order chi connectivity index (χ0) is 12.8. The number of aliphatic hydroxyl groups excluding tert-OH is 1. The molecule has 1 unspecified atom stereocenters. The van der Waals surface area contributed by atoms with Crippen molar-refractivity contribution in [3.63, 3.8) is 0 Å². The van der Waals surface area contributed by atoms with E-state index < -0.39 is 29.4 Å². The maximum absolute atomic E-state index is 12.2. The molecule has 17 heavy (non-hydrogen) atoms. The number of hydrogen-bond donors (Lipinski definition) is 1. The molecule has 1 aliphatic carbocycles. The molecule has 0 aromatic heterocycles. The third kappa shape index (κ3) is 1.95. The first-order chi connectivity index (χ1) is 7.80. The lowest BCUT2D eigenvalue weighted by Gasteiger charge is -2.06. The maximum Gasteiger partial charge on any atom is 0.454 e. The minimum Gasteiger partial charge on any atom is -0.385 e. The number of carbonyl (C=O) groups excluding carboxylic acids is 2. The number of alkyl halides is 3. The summed E-state index contributed by atoms with van der Waals surface area (Å²) in [6, 6.07) is 3.17. The molecule has 0 heterocycles. The normalized spacial score (nSPS) is 19.3. The molecule has 0 fully saturated rings. The van der Waals surface area contributed by atoms with Crippen LogP contribution in [0.3, 0.4) is 0 Å². The number of rotatable bonds is 1. The highest BCUT2D eigenvalue weighted by Gasteiger charge is 2.40. The van der Waals surface area contributed by atoms with Gasteiger partial charge in [-0.05, 0) is 11.6 Å². The summed E-state index contributed by atoms with van der Waals surface area (Å²) in [6.45, 7) is 0. The number of Topliss-reactive ketones (excluding diaryl/α,β-unsaturated/α-hetero) is 2. The zero-order valence-electron chi connectivity index (χ0n) is 8.41. The van der Waals surface area contributed by atoms with E-state index in [2.05, 4.69) is 0 Å². The van der Waals surface area contributed by atoms with E-state index in [1.807, 2.05) is 0 Å². The largest absolute Gasteiger partial charge is 0.454 e. The second-order valence-corrected chi connectivity index (χ2v) is 3.78. The Balaban J connectivity index is 2.43. The first-order valence-corrected chi connectivity index (χ1v) is 4.77. The summed E-state index contributed by atoms with van der Waals surface area (Å²) in [5.74, 6) is -2.63. The predicted molar refractivity (Wildman–Crippen MR) is 50.9 cm³/mol. The van der Waals surface area contributed by atoms with E-state index in [4.69, 9.17) is 0 Å². The molecular weight excluding hydrogens is 237 g/mol. The summed E-state index contributed by atoms with van der Waals surface area (Å²) in [5.41, 5.74) is -0.132. The van der Waals surface area contributed by atoms with Crippen LogP contribution < -0.4 is 0 Å². The van der Waals surface area contributed by atoms with Crippen LogP contribution in [0, 0.1) is 0 Å². The lowest BCUT2D eigenvalue weighted by atomic mass is 10.0. The summed E-state index contributed by atoms with van der Waals surface area (Å²) in [7, 11) is 0. The molecule has 0 amide bonds. The SMILES string of the molecule is O=C1c2cc(C(=O)C(F)(F)F)ccc2CC1O. The van der Waals surface area contributed by atoms with Crippen LogP contribution in [-0.4, -0.2) is 29.0 Å². The second kappa shape index (κ2) is 3.66. The standard InChI is InChI=1S/C11H7F3O3/c12-11(13,14)10(17)6-2-1-5-4-8(15)9(16)7(5)3-6/h1-3,8,15H,4H2. The molecule has 6 heteroatoms. The van der Waals surface area contributed by atoms with Crippen molar-refractivity contribution in [1.82, 2.24) is 0 Å². The Labute approximate surface area is 93.9 Å². The van der Waals surface area contributed by atoms with Crippen molar-refractivity contribution in [3.8, 4) is 0 Å². The minimum absolute atomic E-state index is 0.00685. The Hall–Kier alpha value is -1.69. The third-order valence-electron chi connectivity index (χ3n) is 2.61. The second-order valence-electron chi connectivity index (χ2n) is 3.78. The number of carbonyl (C=O) groups is 2. The molecule has 1 atom stereocenters. The summed E-state index contributed by atoms with van der Waals surface area (Å²) in [4.78, 5) is 22.3. The Bertz CT molecular complexity index is 505. The first-order valence-electron chi connectivity index (χ1n) is 4.77. The van der Waals surface area contributed by atoms with E-state index >= 15 is 0 Å². The number of hydrogen-bond acceptors (Lipinski definition) is 3.